The summed E-state index contributed by atoms with van der Waals surface area (Å²) < 4.78 is 0. The summed E-state index contributed by atoms with van der Waals surface area (Å²) in [6.07, 6.45) is 9.16. The monoisotopic (exact) mass is 399 g/mol. The highest BCUT2D eigenvalue weighted by molar-refractivity contribution is 5.95. The lowest BCUT2D eigenvalue weighted by atomic mass is 9.86. The molecule has 0 heterocycles. The zero-order chi connectivity index (χ0) is 21.7. The number of carbonyl (C=O) groups excluding carboxylic acids is 1. The first-order chi connectivity index (χ1) is 14.4. The molecule has 1 aliphatic carbocycles. The predicted octanol–water partition coefficient (Wildman–Crippen LogP) is 7.12. The minimum Gasteiger partial charge on any atom is -0.295 e. The summed E-state index contributed by atoms with van der Waals surface area (Å²) in [6.45, 7) is 12.1. The van der Waals surface area contributed by atoms with E-state index in [1.807, 2.05) is 18.3 Å². The summed E-state index contributed by atoms with van der Waals surface area (Å²) in [5.74, 6) is 0.114. The Labute approximate surface area is 181 Å². The molecule has 0 radical (unpaired) electrons. The Morgan fingerprint density at radius 2 is 1.87 bits per heavy atom. The molecule has 156 valence electrons. The van der Waals surface area contributed by atoms with Crippen molar-refractivity contribution in [3.63, 3.8) is 0 Å². The number of carbonyl (C=O) groups is 1. The van der Waals surface area contributed by atoms with Gasteiger partial charge in [0.05, 0.1) is 0 Å². The number of hydrogen-bond acceptors (Lipinski definition) is 2. The van der Waals surface area contributed by atoms with Gasteiger partial charge in [0.25, 0.3) is 0 Å². The Bertz CT molecular complexity index is 1010. The van der Waals surface area contributed by atoms with Crippen LogP contribution in [0, 0.1) is 0 Å². The molecule has 2 aromatic rings. The van der Waals surface area contributed by atoms with Crippen molar-refractivity contribution in [2.45, 2.75) is 65.2 Å². The summed E-state index contributed by atoms with van der Waals surface area (Å²) in [4.78, 5) is 16.7. The molecule has 3 rings (SSSR count). The van der Waals surface area contributed by atoms with Gasteiger partial charge in [0.1, 0.15) is 0 Å². The van der Waals surface area contributed by atoms with Crippen LogP contribution in [0.3, 0.4) is 0 Å². The fourth-order valence-electron chi connectivity index (χ4n) is 4.16. The van der Waals surface area contributed by atoms with Crippen molar-refractivity contribution in [1.29, 1.82) is 0 Å². The molecule has 0 aromatic heterocycles. The van der Waals surface area contributed by atoms with Crippen molar-refractivity contribution in [2.75, 3.05) is 0 Å². The molecule has 0 aliphatic heterocycles. The van der Waals surface area contributed by atoms with Gasteiger partial charge in [-0.15, -0.1) is 0 Å². The van der Waals surface area contributed by atoms with Gasteiger partial charge in [0.15, 0.2) is 5.78 Å². The first-order valence-corrected chi connectivity index (χ1v) is 11.0. The zero-order valence-electron chi connectivity index (χ0n) is 18.8. The normalized spacial score (nSPS) is 15.7. The van der Waals surface area contributed by atoms with E-state index in [9.17, 15) is 4.79 Å². The summed E-state index contributed by atoms with van der Waals surface area (Å²) in [5, 5.41) is 0. The summed E-state index contributed by atoms with van der Waals surface area (Å²) in [6, 6.07) is 14.8. The summed E-state index contributed by atoms with van der Waals surface area (Å²) >= 11 is 0. The van der Waals surface area contributed by atoms with Gasteiger partial charge in [-0.25, -0.2) is 0 Å². The Kier molecular flexibility index (Phi) is 6.87. The van der Waals surface area contributed by atoms with Crippen LogP contribution in [0.25, 0.3) is 5.57 Å². The van der Waals surface area contributed by atoms with E-state index in [1.165, 1.54) is 29.5 Å². The second kappa shape index (κ2) is 9.38. The van der Waals surface area contributed by atoms with Crippen LogP contribution in [-0.2, 0) is 18.3 Å². The molecule has 1 saturated carbocycles. The van der Waals surface area contributed by atoms with Gasteiger partial charge in [-0.05, 0) is 78.8 Å². The lowest BCUT2D eigenvalue weighted by molar-refractivity contribution is 0.101. The van der Waals surface area contributed by atoms with E-state index in [0.29, 0.717) is 5.41 Å². The van der Waals surface area contributed by atoms with Crippen LogP contribution in [0.5, 0.6) is 0 Å². The van der Waals surface area contributed by atoms with Crippen molar-refractivity contribution in [2.24, 2.45) is 4.99 Å². The smallest absolute Gasteiger partial charge is 0.159 e. The Morgan fingerprint density at radius 3 is 2.47 bits per heavy atom. The Morgan fingerprint density at radius 1 is 1.10 bits per heavy atom. The minimum atomic E-state index is 0.114. The molecular weight excluding hydrogens is 366 g/mol. The molecule has 0 atom stereocenters. The molecule has 0 bridgehead atoms. The van der Waals surface area contributed by atoms with Gasteiger partial charge in [-0.2, -0.15) is 0 Å². The third kappa shape index (κ3) is 4.87. The third-order valence-electron chi connectivity index (χ3n) is 6.37. The highest BCUT2D eigenvalue weighted by Crippen LogP contribution is 2.52. The third-order valence-corrected chi connectivity index (χ3v) is 6.37. The fraction of sp³-hybridized carbons (Fsp3) is 0.357. The molecular formula is C28H33NO. The number of hydrogen-bond donors (Lipinski definition) is 0. The van der Waals surface area contributed by atoms with Gasteiger partial charge in [0, 0.05) is 23.9 Å². The summed E-state index contributed by atoms with van der Waals surface area (Å²) in [7, 11) is 0. The lowest BCUT2D eigenvalue weighted by Gasteiger charge is -2.19. The topological polar surface area (TPSA) is 29.4 Å². The first kappa shape index (κ1) is 22.0. The number of nitrogens with zero attached hydrogens (tertiary/aromatic N) is 1. The van der Waals surface area contributed by atoms with Gasteiger partial charge >= 0.3 is 0 Å². The van der Waals surface area contributed by atoms with E-state index in [1.54, 1.807) is 6.92 Å². The maximum absolute atomic E-state index is 11.9. The van der Waals surface area contributed by atoms with E-state index in [4.69, 9.17) is 4.99 Å². The number of rotatable bonds is 9. The second-order valence-electron chi connectivity index (χ2n) is 8.45. The van der Waals surface area contributed by atoms with E-state index >= 15 is 0 Å². The highest BCUT2D eigenvalue weighted by Gasteiger charge is 2.43. The van der Waals surface area contributed by atoms with Crippen LogP contribution in [-0.4, -0.2) is 11.5 Å². The molecule has 1 fully saturated rings. The Balaban J connectivity index is 1.90. The molecule has 0 spiro atoms. The molecule has 0 amide bonds. The van der Waals surface area contributed by atoms with Crippen LogP contribution < -0.4 is 0 Å². The van der Waals surface area contributed by atoms with Crippen LogP contribution >= 0.6 is 0 Å². The van der Waals surface area contributed by atoms with Crippen LogP contribution in [0.1, 0.15) is 79.6 Å². The second-order valence-corrected chi connectivity index (χ2v) is 8.45. The van der Waals surface area contributed by atoms with Gasteiger partial charge in [-0.1, -0.05) is 62.9 Å². The van der Waals surface area contributed by atoms with Gasteiger partial charge in [0.2, 0.25) is 0 Å². The molecule has 2 nitrogen and oxygen atoms in total. The standard InChI is InChI=1S/C28H33NO/c1-6-22-10-9-11-25(17-22)23(7-2)19-29-20(4)16-26-18-24(21(5)30)12-13-27(26)28(8-3)14-15-28/h7,9-13,17-19H,2,6,8,14-16H2,1,3-5H3/b23-19+,29-20+. The average molecular weight is 400 g/mol. The van der Waals surface area contributed by atoms with Crippen molar-refractivity contribution in [3.05, 3.63) is 89.1 Å². The molecule has 1 aliphatic rings. The van der Waals surface area contributed by atoms with E-state index in [2.05, 4.69) is 63.7 Å². The average Bonchev–Trinajstić information content (AvgIpc) is 3.55. The fourth-order valence-corrected chi connectivity index (χ4v) is 4.16. The number of aliphatic imine (C=N–C) groups is 1. The van der Waals surface area contributed by atoms with E-state index in [-0.39, 0.29) is 5.78 Å². The first-order valence-electron chi connectivity index (χ1n) is 11.0. The molecule has 0 saturated heterocycles. The van der Waals surface area contributed by atoms with Crippen LogP contribution in [0.4, 0.5) is 0 Å². The lowest BCUT2D eigenvalue weighted by Crippen LogP contribution is -2.12. The van der Waals surface area contributed by atoms with Gasteiger partial charge in [-0.3, -0.25) is 9.79 Å². The molecule has 0 N–H and O–H groups in total. The molecule has 2 heteroatoms. The van der Waals surface area contributed by atoms with Crippen molar-refractivity contribution in [3.8, 4) is 0 Å². The summed E-state index contributed by atoms with van der Waals surface area (Å²) in [5.41, 5.74) is 8.23. The Hall–Kier alpha value is -2.74. The number of benzene rings is 2. The van der Waals surface area contributed by atoms with E-state index in [0.717, 1.165) is 41.7 Å². The van der Waals surface area contributed by atoms with Crippen molar-refractivity contribution < 1.29 is 4.79 Å². The maximum Gasteiger partial charge on any atom is 0.159 e. The zero-order valence-corrected chi connectivity index (χ0v) is 18.8. The maximum atomic E-state index is 11.9. The van der Waals surface area contributed by atoms with E-state index < -0.39 is 0 Å². The molecule has 0 unspecified atom stereocenters. The number of aryl methyl sites for hydroxylation is 1. The van der Waals surface area contributed by atoms with Crippen LogP contribution in [0.15, 0.2) is 66.3 Å². The number of Topliss-reactive ketones (excluding diaryl/α,β-unsaturated/α-hetero) is 1. The highest BCUT2D eigenvalue weighted by atomic mass is 16.1. The van der Waals surface area contributed by atoms with Gasteiger partial charge < -0.3 is 0 Å². The van der Waals surface area contributed by atoms with Crippen molar-refractivity contribution in [1.82, 2.24) is 0 Å². The van der Waals surface area contributed by atoms with Crippen LogP contribution in [0.2, 0.25) is 0 Å². The van der Waals surface area contributed by atoms with Crippen molar-refractivity contribution >= 4 is 17.1 Å². The number of ketones is 1. The quantitative estimate of drug-likeness (QED) is 0.251. The molecule has 2 aromatic carbocycles. The number of allylic oxidation sites excluding steroid dienone is 2. The predicted molar refractivity (Wildman–Crippen MR) is 128 cm³/mol. The largest absolute Gasteiger partial charge is 0.295 e. The minimum absolute atomic E-state index is 0.114. The molecule has 30 heavy (non-hydrogen) atoms. The SMILES string of the molecule is C=C/C(=C\N=C(/C)Cc1cc(C(C)=O)ccc1C1(CC)CC1)c1cccc(CC)c1.